The highest BCUT2D eigenvalue weighted by Gasteiger charge is 2.15. The second-order valence-electron chi connectivity index (χ2n) is 4.87. The molecule has 112 valence electrons. The summed E-state index contributed by atoms with van der Waals surface area (Å²) in [6, 6.07) is 11.0. The van der Waals surface area contributed by atoms with Crippen LogP contribution in [-0.4, -0.2) is 37.4 Å². The van der Waals surface area contributed by atoms with Crippen LogP contribution in [0.5, 0.6) is 0 Å². The molecule has 1 unspecified atom stereocenters. The van der Waals surface area contributed by atoms with Crippen molar-refractivity contribution < 1.29 is 9.90 Å². The van der Waals surface area contributed by atoms with Gasteiger partial charge in [0.1, 0.15) is 5.52 Å². The maximum Gasteiger partial charge on any atom is 0.253 e. The number of rotatable bonds is 5. The number of aromatic nitrogens is 3. The van der Waals surface area contributed by atoms with Crippen molar-refractivity contribution in [1.29, 1.82) is 0 Å². The number of benzene rings is 1. The van der Waals surface area contributed by atoms with E-state index in [9.17, 15) is 9.90 Å². The molecule has 0 spiro atoms. The molecule has 3 rings (SSSR count). The third-order valence-corrected chi connectivity index (χ3v) is 3.79. The largest absolute Gasteiger partial charge is 0.394 e. The molecule has 0 aliphatic heterocycles. The van der Waals surface area contributed by atoms with Crippen LogP contribution in [0.2, 0.25) is 0 Å². The maximum absolute atomic E-state index is 12.3. The molecular formula is C15H14N4O2S. The molecule has 3 aromatic rings. The topological polar surface area (TPSA) is 88.0 Å². The van der Waals surface area contributed by atoms with Gasteiger partial charge in [0.05, 0.1) is 29.9 Å². The smallest absolute Gasteiger partial charge is 0.253 e. The van der Waals surface area contributed by atoms with Crippen molar-refractivity contribution in [2.24, 2.45) is 0 Å². The van der Waals surface area contributed by atoms with Crippen molar-refractivity contribution in [1.82, 2.24) is 19.0 Å². The highest BCUT2D eigenvalue weighted by atomic mass is 32.1. The van der Waals surface area contributed by atoms with E-state index in [1.807, 2.05) is 30.3 Å². The van der Waals surface area contributed by atoms with Crippen molar-refractivity contribution in [3.05, 3.63) is 53.7 Å². The second-order valence-corrected chi connectivity index (χ2v) is 5.40. The summed E-state index contributed by atoms with van der Waals surface area (Å²) in [5.41, 5.74) is 2.59. The van der Waals surface area contributed by atoms with Crippen molar-refractivity contribution in [3.63, 3.8) is 0 Å². The molecule has 2 N–H and O–H groups in total. The lowest BCUT2D eigenvalue weighted by Gasteiger charge is -2.16. The summed E-state index contributed by atoms with van der Waals surface area (Å²) in [5, 5.41) is 12.3. The first-order valence-electron chi connectivity index (χ1n) is 6.80. The summed E-state index contributed by atoms with van der Waals surface area (Å²) < 4.78 is 8.07. The Kier molecular flexibility index (Phi) is 4.36. The Morgan fingerprint density at radius 1 is 1.27 bits per heavy atom. The van der Waals surface area contributed by atoms with E-state index in [0.29, 0.717) is 23.1 Å². The van der Waals surface area contributed by atoms with Gasteiger partial charge in [0.15, 0.2) is 5.65 Å². The lowest BCUT2D eigenvalue weighted by molar-refractivity contribution is 0.0916. The predicted octanol–water partition coefficient (Wildman–Crippen LogP) is 1.42. The summed E-state index contributed by atoms with van der Waals surface area (Å²) >= 11 is 1.06. The molecule has 2 aromatic heterocycles. The fourth-order valence-corrected chi connectivity index (χ4v) is 2.62. The predicted molar refractivity (Wildman–Crippen MR) is 83.7 cm³/mol. The van der Waals surface area contributed by atoms with Crippen LogP contribution in [0.15, 0.2) is 42.6 Å². The highest BCUT2D eigenvalue weighted by molar-refractivity contribution is 7.00. The number of aliphatic hydroxyl groups is 1. The average Bonchev–Trinajstić information content (AvgIpc) is 3.02. The van der Waals surface area contributed by atoms with E-state index >= 15 is 0 Å². The first-order chi connectivity index (χ1) is 10.8. The molecule has 2 heterocycles. The van der Waals surface area contributed by atoms with Crippen LogP contribution in [0.3, 0.4) is 0 Å². The van der Waals surface area contributed by atoms with Gasteiger partial charge in [0.2, 0.25) is 0 Å². The fraction of sp³-hybridized carbons (Fsp3) is 0.200. The molecule has 0 aliphatic rings. The lowest BCUT2D eigenvalue weighted by Crippen LogP contribution is -2.39. The first-order valence-corrected chi connectivity index (χ1v) is 7.53. The molecule has 0 radical (unpaired) electrons. The van der Waals surface area contributed by atoms with Gasteiger partial charge < -0.3 is 10.4 Å². The second kappa shape index (κ2) is 6.59. The number of pyridine rings is 1. The molecule has 7 heteroatoms. The van der Waals surface area contributed by atoms with Crippen molar-refractivity contribution in [2.75, 3.05) is 6.61 Å². The van der Waals surface area contributed by atoms with Gasteiger partial charge in [-0.05, 0) is 18.1 Å². The van der Waals surface area contributed by atoms with Gasteiger partial charge in [-0.15, -0.1) is 0 Å². The summed E-state index contributed by atoms with van der Waals surface area (Å²) in [4.78, 5) is 16.4. The number of nitrogens with zero attached hydrogens (tertiary/aromatic N) is 3. The fourth-order valence-electron chi connectivity index (χ4n) is 2.14. The Labute approximate surface area is 131 Å². The van der Waals surface area contributed by atoms with Crippen molar-refractivity contribution >= 4 is 28.8 Å². The third-order valence-electron chi connectivity index (χ3n) is 3.26. The normalized spacial score (nSPS) is 12.2. The van der Waals surface area contributed by atoms with E-state index in [2.05, 4.69) is 19.0 Å². The number of carbonyl (C=O) groups excluding carboxylic acids is 1. The Hall–Kier alpha value is -2.38. The molecule has 0 saturated carbocycles. The summed E-state index contributed by atoms with van der Waals surface area (Å²) in [6.07, 6.45) is 2.03. The van der Waals surface area contributed by atoms with Crippen LogP contribution in [0.1, 0.15) is 15.9 Å². The summed E-state index contributed by atoms with van der Waals surface area (Å²) in [7, 11) is 0. The molecule has 6 nitrogen and oxygen atoms in total. The van der Waals surface area contributed by atoms with E-state index in [0.717, 1.165) is 17.3 Å². The molecule has 1 atom stereocenters. The molecule has 1 aromatic carbocycles. The molecule has 0 bridgehead atoms. The molecule has 0 fully saturated rings. The first kappa shape index (κ1) is 14.6. The zero-order valence-corrected chi connectivity index (χ0v) is 12.5. The minimum absolute atomic E-state index is 0.130. The Morgan fingerprint density at radius 2 is 2.09 bits per heavy atom. The molecule has 0 aliphatic carbocycles. The SMILES string of the molecule is O=C(NC(CO)Cc1ccccc1)c1cnc2nsnc2c1. The minimum Gasteiger partial charge on any atom is -0.394 e. The van der Waals surface area contributed by atoms with Crippen molar-refractivity contribution in [2.45, 2.75) is 12.5 Å². The molecular weight excluding hydrogens is 300 g/mol. The van der Waals surface area contributed by atoms with Crippen LogP contribution < -0.4 is 5.32 Å². The number of hydrogen-bond acceptors (Lipinski definition) is 6. The minimum atomic E-state index is -0.348. The number of hydrogen-bond donors (Lipinski definition) is 2. The third kappa shape index (κ3) is 3.26. The Balaban J connectivity index is 1.71. The number of fused-ring (bicyclic) bond motifs is 1. The van der Waals surface area contributed by atoms with Gasteiger partial charge >= 0.3 is 0 Å². The maximum atomic E-state index is 12.3. The number of aliphatic hydroxyl groups excluding tert-OH is 1. The quantitative estimate of drug-likeness (QED) is 0.743. The van der Waals surface area contributed by atoms with Crippen molar-refractivity contribution in [3.8, 4) is 0 Å². The van der Waals surface area contributed by atoms with E-state index in [-0.39, 0.29) is 18.6 Å². The number of carbonyl (C=O) groups is 1. The van der Waals surface area contributed by atoms with E-state index in [4.69, 9.17) is 0 Å². The lowest BCUT2D eigenvalue weighted by atomic mass is 10.1. The van der Waals surface area contributed by atoms with E-state index in [1.165, 1.54) is 6.20 Å². The monoisotopic (exact) mass is 314 g/mol. The van der Waals surface area contributed by atoms with Gasteiger partial charge in [-0.25, -0.2) is 4.98 Å². The Bertz CT molecular complexity index is 775. The van der Waals surface area contributed by atoms with Crippen LogP contribution >= 0.6 is 11.7 Å². The average molecular weight is 314 g/mol. The zero-order chi connectivity index (χ0) is 15.4. The standard InChI is InChI=1S/C15H14N4O2S/c20-9-12(6-10-4-2-1-3-5-10)17-15(21)11-7-13-14(16-8-11)19-22-18-13/h1-5,7-8,12,20H,6,9H2,(H,17,21). The van der Waals surface area contributed by atoms with E-state index in [1.54, 1.807) is 6.07 Å². The number of nitrogens with one attached hydrogen (secondary N) is 1. The van der Waals surface area contributed by atoms with Crippen LogP contribution in [0.25, 0.3) is 11.2 Å². The number of amides is 1. The zero-order valence-electron chi connectivity index (χ0n) is 11.6. The van der Waals surface area contributed by atoms with Gasteiger partial charge in [-0.3, -0.25) is 4.79 Å². The van der Waals surface area contributed by atoms with Gasteiger partial charge in [-0.1, -0.05) is 30.3 Å². The van der Waals surface area contributed by atoms with Crippen LogP contribution in [-0.2, 0) is 6.42 Å². The molecule has 1 amide bonds. The van der Waals surface area contributed by atoms with Gasteiger partial charge in [-0.2, -0.15) is 8.75 Å². The van der Waals surface area contributed by atoms with Crippen LogP contribution in [0, 0.1) is 0 Å². The van der Waals surface area contributed by atoms with Crippen LogP contribution in [0.4, 0.5) is 0 Å². The Morgan fingerprint density at radius 3 is 2.86 bits per heavy atom. The van der Waals surface area contributed by atoms with E-state index < -0.39 is 0 Å². The molecule has 22 heavy (non-hydrogen) atoms. The van der Waals surface area contributed by atoms with Gasteiger partial charge in [0, 0.05) is 6.20 Å². The summed E-state index contributed by atoms with van der Waals surface area (Å²) in [5.74, 6) is -0.280. The molecule has 0 saturated heterocycles. The highest BCUT2D eigenvalue weighted by Crippen LogP contribution is 2.11. The van der Waals surface area contributed by atoms with Gasteiger partial charge in [0.25, 0.3) is 5.91 Å². The summed E-state index contributed by atoms with van der Waals surface area (Å²) in [6.45, 7) is -0.130.